The van der Waals surface area contributed by atoms with E-state index in [9.17, 15) is 0 Å². The molecule has 1 saturated heterocycles. The lowest BCUT2D eigenvalue weighted by atomic mass is 9.88. The predicted molar refractivity (Wildman–Crippen MR) is 65.0 cm³/mol. The summed E-state index contributed by atoms with van der Waals surface area (Å²) >= 11 is 2.13. The first-order valence-electron chi connectivity index (χ1n) is 6.02. The predicted octanol–water partition coefficient (Wildman–Crippen LogP) is 3.72. The van der Waals surface area contributed by atoms with E-state index in [1.807, 2.05) is 0 Å². The smallest absolute Gasteiger partial charge is 0.0696 e. The van der Waals surface area contributed by atoms with E-state index in [1.165, 1.54) is 31.4 Å². The molecule has 2 rings (SSSR count). The second kappa shape index (κ2) is 6.73. The molecule has 1 saturated carbocycles. The summed E-state index contributed by atoms with van der Waals surface area (Å²) in [6.07, 6.45) is 5.94. The van der Waals surface area contributed by atoms with Crippen LogP contribution in [0.5, 0.6) is 0 Å². The molecule has 2 unspecified atom stereocenters. The molecule has 0 aromatic heterocycles. The molecule has 0 N–H and O–H groups in total. The van der Waals surface area contributed by atoms with Crippen molar-refractivity contribution in [2.45, 2.75) is 57.8 Å². The molecular formula is C12H24OS. The highest BCUT2D eigenvalue weighted by atomic mass is 32.2. The molecule has 14 heavy (non-hydrogen) atoms. The highest BCUT2D eigenvalue weighted by molar-refractivity contribution is 8.00. The molecule has 84 valence electrons. The average molecular weight is 216 g/mol. The summed E-state index contributed by atoms with van der Waals surface area (Å²) in [6.45, 7) is 7.61. The summed E-state index contributed by atoms with van der Waals surface area (Å²) in [5.74, 6) is 2.10. The Balaban J connectivity index is 0.000000293. The van der Waals surface area contributed by atoms with Gasteiger partial charge in [-0.25, -0.2) is 0 Å². The van der Waals surface area contributed by atoms with Gasteiger partial charge in [-0.1, -0.05) is 33.6 Å². The highest BCUT2D eigenvalue weighted by Crippen LogP contribution is 2.37. The van der Waals surface area contributed by atoms with Crippen molar-refractivity contribution in [3.8, 4) is 0 Å². The molecule has 1 aliphatic heterocycles. The van der Waals surface area contributed by atoms with E-state index in [2.05, 4.69) is 32.5 Å². The summed E-state index contributed by atoms with van der Waals surface area (Å²) < 4.78 is 5.73. The van der Waals surface area contributed by atoms with E-state index in [4.69, 9.17) is 4.74 Å². The first kappa shape index (κ1) is 12.4. The Labute approximate surface area is 93.0 Å². The molecule has 0 aromatic carbocycles. The standard InChI is InChI=1S/C9H16OS.C3H8/c1-7-3-2-4-8-9(7)11-6-5-10-8;1-3-2/h7-9H,2-6H2,1H3;3H2,1-2H3/t7-,8?,9?;/m1./s1. The summed E-state index contributed by atoms with van der Waals surface area (Å²) in [5, 5.41) is 0.817. The molecule has 2 heteroatoms. The van der Waals surface area contributed by atoms with Crippen LogP contribution in [0.3, 0.4) is 0 Å². The zero-order valence-electron chi connectivity index (χ0n) is 9.79. The second-order valence-electron chi connectivity index (χ2n) is 4.36. The number of rotatable bonds is 0. The summed E-state index contributed by atoms with van der Waals surface area (Å²) in [5.41, 5.74) is 0. The Hall–Kier alpha value is 0.310. The van der Waals surface area contributed by atoms with Crippen molar-refractivity contribution >= 4 is 11.8 Å². The van der Waals surface area contributed by atoms with Gasteiger partial charge >= 0.3 is 0 Å². The monoisotopic (exact) mass is 216 g/mol. The van der Waals surface area contributed by atoms with Crippen LogP contribution >= 0.6 is 11.8 Å². The minimum absolute atomic E-state index is 0.595. The Bertz CT molecular complexity index is 147. The third-order valence-corrected chi connectivity index (χ3v) is 4.36. The van der Waals surface area contributed by atoms with Gasteiger partial charge in [0.15, 0.2) is 0 Å². The topological polar surface area (TPSA) is 9.23 Å². The third-order valence-electron chi connectivity index (χ3n) is 2.80. The minimum atomic E-state index is 0.595. The number of ether oxygens (including phenoxy) is 1. The summed E-state index contributed by atoms with van der Waals surface area (Å²) in [4.78, 5) is 0. The average Bonchev–Trinajstić information content (AvgIpc) is 2.20. The minimum Gasteiger partial charge on any atom is -0.376 e. The fraction of sp³-hybridized carbons (Fsp3) is 1.00. The molecule has 3 atom stereocenters. The number of thioether (sulfide) groups is 1. The van der Waals surface area contributed by atoms with Crippen LogP contribution in [0.25, 0.3) is 0 Å². The van der Waals surface area contributed by atoms with E-state index >= 15 is 0 Å². The van der Waals surface area contributed by atoms with Gasteiger partial charge in [-0.2, -0.15) is 11.8 Å². The largest absolute Gasteiger partial charge is 0.376 e. The number of hydrogen-bond acceptors (Lipinski definition) is 2. The van der Waals surface area contributed by atoms with E-state index in [0.717, 1.165) is 17.8 Å². The maximum atomic E-state index is 5.73. The molecule has 2 fully saturated rings. The molecule has 0 spiro atoms. The van der Waals surface area contributed by atoms with Crippen molar-refractivity contribution in [3.05, 3.63) is 0 Å². The Morgan fingerprint density at radius 3 is 2.64 bits per heavy atom. The Kier molecular flexibility index (Phi) is 5.95. The fourth-order valence-electron chi connectivity index (χ4n) is 2.17. The molecule has 0 bridgehead atoms. The first-order valence-corrected chi connectivity index (χ1v) is 7.07. The van der Waals surface area contributed by atoms with Crippen LogP contribution in [-0.2, 0) is 4.74 Å². The maximum absolute atomic E-state index is 5.73. The van der Waals surface area contributed by atoms with E-state index in [-0.39, 0.29) is 0 Å². The van der Waals surface area contributed by atoms with Gasteiger partial charge in [0, 0.05) is 11.0 Å². The van der Waals surface area contributed by atoms with Gasteiger partial charge in [0.05, 0.1) is 12.7 Å². The Morgan fingerprint density at radius 1 is 1.29 bits per heavy atom. The van der Waals surface area contributed by atoms with Crippen LogP contribution in [0.15, 0.2) is 0 Å². The first-order chi connectivity index (χ1) is 6.79. The van der Waals surface area contributed by atoms with Crippen LogP contribution in [0.2, 0.25) is 0 Å². The highest BCUT2D eigenvalue weighted by Gasteiger charge is 2.33. The number of hydrogen-bond donors (Lipinski definition) is 0. The normalized spacial score (nSPS) is 36.6. The van der Waals surface area contributed by atoms with E-state index in [0.29, 0.717) is 6.10 Å². The zero-order chi connectivity index (χ0) is 10.4. The van der Waals surface area contributed by atoms with Gasteiger partial charge in [0.25, 0.3) is 0 Å². The molecule has 2 aliphatic rings. The quantitative estimate of drug-likeness (QED) is 0.610. The van der Waals surface area contributed by atoms with E-state index < -0.39 is 0 Å². The lowest BCUT2D eigenvalue weighted by Gasteiger charge is -2.39. The molecule has 1 nitrogen and oxygen atoms in total. The zero-order valence-corrected chi connectivity index (χ0v) is 10.6. The summed E-state index contributed by atoms with van der Waals surface area (Å²) in [7, 11) is 0. The second-order valence-corrected chi connectivity index (χ2v) is 5.65. The van der Waals surface area contributed by atoms with Crippen molar-refractivity contribution in [1.29, 1.82) is 0 Å². The van der Waals surface area contributed by atoms with Gasteiger partial charge in [-0.3, -0.25) is 0 Å². The van der Waals surface area contributed by atoms with Gasteiger partial charge in [0.2, 0.25) is 0 Å². The van der Waals surface area contributed by atoms with Crippen molar-refractivity contribution < 1.29 is 4.74 Å². The molecule has 0 amide bonds. The van der Waals surface area contributed by atoms with Crippen LogP contribution in [0.4, 0.5) is 0 Å². The maximum Gasteiger partial charge on any atom is 0.0696 e. The van der Waals surface area contributed by atoms with Crippen molar-refractivity contribution in [2.75, 3.05) is 12.4 Å². The van der Waals surface area contributed by atoms with Gasteiger partial charge in [-0.15, -0.1) is 0 Å². The van der Waals surface area contributed by atoms with Crippen molar-refractivity contribution in [3.63, 3.8) is 0 Å². The third kappa shape index (κ3) is 3.47. The van der Waals surface area contributed by atoms with E-state index in [1.54, 1.807) is 0 Å². The molecule has 0 radical (unpaired) electrons. The van der Waals surface area contributed by atoms with Crippen LogP contribution in [0.1, 0.15) is 46.5 Å². The van der Waals surface area contributed by atoms with Crippen LogP contribution in [-0.4, -0.2) is 23.7 Å². The van der Waals surface area contributed by atoms with Crippen molar-refractivity contribution in [1.82, 2.24) is 0 Å². The Morgan fingerprint density at radius 2 is 2.00 bits per heavy atom. The van der Waals surface area contributed by atoms with Crippen LogP contribution in [0, 0.1) is 5.92 Å². The lowest BCUT2D eigenvalue weighted by molar-refractivity contribution is 0.0229. The lowest BCUT2D eigenvalue weighted by Crippen LogP contribution is -2.39. The molecule has 0 aromatic rings. The van der Waals surface area contributed by atoms with Crippen LogP contribution < -0.4 is 0 Å². The fourth-order valence-corrected chi connectivity index (χ4v) is 3.53. The SMILES string of the molecule is CCC.C[C@@H]1CCCC2OCCSC21. The summed E-state index contributed by atoms with van der Waals surface area (Å²) in [6, 6.07) is 0. The van der Waals surface area contributed by atoms with Gasteiger partial charge < -0.3 is 4.74 Å². The van der Waals surface area contributed by atoms with Crippen molar-refractivity contribution in [2.24, 2.45) is 5.92 Å². The number of fused-ring (bicyclic) bond motifs is 1. The molecule has 1 aliphatic carbocycles. The van der Waals surface area contributed by atoms with Gasteiger partial charge in [-0.05, 0) is 18.8 Å². The molecular weight excluding hydrogens is 192 g/mol. The van der Waals surface area contributed by atoms with Gasteiger partial charge in [0.1, 0.15) is 0 Å². The molecule has 1 heterocycles.